The van der Waals surface area contributed by atoms with Gasteiger partial charge in [0.05, 0.1) is 74.1 Å². The van der Waals surface area contributed by atoms with E-state index in [9.17, 15) is 51.7 Å². The number of imidazole rings is 1. The van der Waals surface area contributed by atoms with Crippen LogP contribution in [0.1, 0.15) is 115 Å². The van der Waals surface area contributed by atoms with Crippen LogP contribution in [-0.4, -0.2) is 125 Å². The van der Waals surface area contributed by atoms with Crippen LogP contribution in [0.25, 0.3) is 16.6 Å². The summed E-state index contributed by atoms with van der Waals surface area (Å²) >= 11 is 0. The van der Waals surface area contributed by atoms with E-state index in [0.29, 0.717) is 74.4 Å². The van der Waals surface area contributed by atoms with Crippen LogP contribution in [0.5, 0.6) is 0 Å². The average Bonchev–Trinajstić information content (AvgIpc) is 1.97. The Labute approximate surface area is 507 Å². The van der Waals surface area contributed by atoms with Gasteiger partial charge < -0.3 is 50.4 Å². The summed E-state index contributed by atoms with van der Waals surface area (Å²) in [5.41, 5.74) is 7.40. The predicted molar refractivity (Wildman–Crippen MR) is 319 cm³/mol. The van der Waals surface area contributed by atoms with Gasteiger partial charge in [-0.3, -0.25) is 52.6 Å². The number of nitrogens with zero attached hydrogens (tertiary/aromatic N) is 2. The molecule has 472 valence electrons. The zero-order valence-corrected chi connectivity index (χ0v) is 50.3. The fourth-order valence-corrected chi connectivity index (χ4v) is 12.0. The smallest absolute Gasteiger partial charge is 0.379 e. The number of carbonyl (C=O) groups is 7. The van der Waals surface area contributed by atoms with Crippen molar-refractivity contribution in [1.29, 1.82) is 0 Å². The number of aryl methyl sites for hydroxylation is 4. The van der Waals surface area contributed by atoms with Crippen LogP contribution < -0.4 is 32.7 Å². The summed E-state index contributed by atoms with van der Waals surface area (Å²) in [6.45, 7) is 5.65. The Hall–Kier alpha value is -7.57. The van der Waals surface area contributed by atoms with Crippen molar-refractivity contribution < 1.29 is 75.6 Å². The molecule has 0 radical (unpaired) electrons. The lowest BCUT2D eigenvalue weighted by Crippen LogP contribution is -2.49. The molecule has 1 fully saturated rings. The molecule has 0 bridgehead atoms. The van der Waals surface area contributed by atoms with Gasteiger partial charge in [0.2, 0.25) is 35.4 Å². The number of hydrogen-bond acceptors (Lipinski definition) is 13. The number of ketones is 1. The lowest BCUT2D eigenvalue weighted by molar-refractivity contribution is -0.136. The first kappa shape index (κ1) is 66.4. The maximum Gasteiger partial charge on any atom is 0.399 e. The maximum absolute atomic E-state index is 14.5. The summed E-state index contributed by atoms with van der Waals surface area (Å²) < 4.78 is 65.9. The van der Waals surface area contributed by atoms with Crippen LogP contribution in [0.4, 0.5) is 8.78 Å². The zero-order chi connectivity index (χ0) is 63.3. The SMILES string of the molecule is C/C(=C\C(=O)N[C@H]1CCc2cccc3c2C(C1=O)[C@H](C(=O)N[C@@H](CCC(N)=O)[C@@H](C)OCc1ccc(CCCNC(=O)COCCOCCOCCCc2ccc4c(c2)n(C)c(=O)n4C2CCC(=O)NC2=O)cc1)C3)c1ccc(C(F)(F)P(=O)(O)O)cc1. The van der Waals surface area contributed by atoms with E-state index in [1.807, 2.05) is 60.7 Å². The predicted octanol–water partition coefficient (Wildman–Crippen LogP) is 4.99. The second-order valence-corrected chi connectivity index (χ2v) is 24.2. The molecule has 88 heavy (non-hydrogen) atoms. The summed E-state index contributed by atoms with van der Waals surface area (Å²) in [5.74, 6) is -4.75. The second-order valence-electron chi connectivity index (χ2n) is 22.6. The molecular weight excluding hydrogens is 1160 g/mol. The number of ether oxygens (including phenoxy) is 4. The molecule has 4 aromatic carbocycles. The number of amides is 6. The van der Waals surface area contributed by atoms with Crippen molar-refractivity contribution in [3.8, 4) is 0 Å². The van der Waals surface area contributed by atoms with Gasteiger partial charge in [-0.2, -0.15) is 8.78 Å². The van der Waals surface area contributed by atoms with Gasteiger partial charge in [0.15, 0.2) is 5.78 Å². The number of imide groups is 1. The summed E-state index contributed by atoms with van der Waals surface area (Å²) in [6, 6.07) is 21.0. The quantitative estimate of drug-likeness (QED) is 0.0133. The normalized spacial score (nSPS) is 18.5. The lowest BCUT2D eigenvalue weighted by atomic mass is 9.84. The number of aromatic nitrogens is 2. The third-order valence-corrected chi connectivity index (χ3v) is 17.3. The molecule has 1 aromatic heterocycles. The Bertz CT molecular complexity index is 3510. The van der Waals surface area contributed by atoms with E-state index in [-0.39, 0.29) is 81.6 Å². The standard InChI is InChI=1S/C63H76F2N7O15P/c1-38(43-16-19-46(20-17-43)63(64,65)88(81,82)83)33-55(75)68-49-21-18-44-9-4-10-45-35-47(58(57(44)45)59(49)77)60(78)69-48(22-25-53(66)73)39(2)87-36-42-13-11-40(12-14-42)7-5-27-67-56(76)37-86-32-31-85-30-29-84-28-6-8-41-15-23-50-52(34-41)71(3)62(80)72(50)51-24-26-54(74)70-61(51)79/h4,9-17,19-20,23,33-34,39,47-49,51,58H,5-8,18,21-22,24-32,35-37H2,1-3H3,(H2,66,73)(H,67,76)(H,68,75)(H,69,78)(H,70,74,79)(H2,81,82,83)/b38-33+/t39-,47-,48+,49+,51?,58?/m1/s1. The highest BCUT2D eigenvalue weighted by Gasteiger charge is 2.50. The van der Waals surface area contributed by atoms with Gasteiger partial charge in [-0.1, -0.05) is 72.8 Å². The Kier molecular flexibility index (Phi) is 22.7. The first-order valence-corrected chi connectivity index (χ1v) is 31.1. The number of carbonyl (C=O) groups excluding carboxylic acids is 7. The molecule has 1 aliphatic heterocycles. The van der Waals surface area contributed by atoms with Gasteiger partial charge >= 0.3 is 18.9 Å². The number of nitrogens with one attached hydrogen (secondary N) is 4. The Morgan fingerprint density at radius 1 is 0.841 bits per heavy atom. The molecule has 2 unspecified atom stereocenters. The number of nitrogens with two attached hydrogens (primary N) is 1. The van der Waals surface area contributed by atoms with Gasteiger partial charge in [0.25, 0.3) is 0 Å². The number of alkyl halides is 2. The maximum atomic E-state index is 14.5. The minimum absolute atomic E-state index is 0.0390. The molecule has 1 saturated heterocycles. The van der Waals surface area contributed by atoms with Crippen molar-refractivity contribution in [2.45, 2.75) is 127 Å². The third-order valence-electron chi connectivity index (χ3n) is 16.3. The number of benzene rings is 4. The molecule has 0 spiro atoms. The molecule has 2 aliphatic carbocycles. The number of piperidine rings is 1. The van der Waals surface area contributed by atoms with E-state index in [1.54, 1.807) is 20.9 Å². The molecule has 5 aromatic rings. The highest BCUT2D eigenvalue weighted by atomic mass is 31.2. The van der Waals surface area contributed by atoms with Gasteiger partial charge in [0, 0.05) is 44.7 Å². The highest BCUT2D eigenvalue weighted by molar-refractivity contribution is 7.52. The number of halogens is 2. The van der Waals surface area contributed by atoms with Gasteiger partial charge in [-0.15, -0.1) is 0 Å². The number of Topliss-reactive ketones (excluding diaryl/α,β-unsaturated/α-hetero) is 1. The van der Waals surface area contributed by atoms with Crippen LogP contribution >= 0.6 is 7.60 Å². The number of allylic oxidation sites excluding steroid dienone is 1. The van der Waals surface area contributed by atoms with Gasteiger partial charge in [-0.25, -0.2) is 4.79 Å². The highest BCUT2D eigenvalue weighted by Crippen LogP contribution is 2.59. The number of fused-ring (bicyclic) bond motifs is 1. The van der Waals surface area contributed by atoms with Crippen LogP contribution in [0.2, 0.25) is 0 Å². The van der Waals surface area contributed by atoms with E-state index >= 15 is 0 Å². The van der Waals surface area contributed by atoms with Crippen LogP contribution in [-0.2, 0) is 102 Å². The molecule has 22 nitrogen and oxygen atoms in total. The van der Waals surface area contributed by atoms with Crippen LogP contribution in [0, 0.1) is 5.92 Å². The largest absolute Gasteiger partial charge is 0.399 e. The van der Waals surface area contributed by atoms with E-state index in [4.69, 9.17) is 34.5 Å². The third kappa shape index (κ3) is 16.8. The van der Waals surface area contributed by atoms with Crippen LogP contribution in [0.15, 0.2) is 95.8 Å². The summed E-state index contributed by atoms with van der Waals surface area (Å²) in [7, 11) is -4.12. The van der Waals surface area contributed by atoms with Crippen molar-refractivity contribution in [2.75, 3.05) is 46.2 Å². The lowest BCUT2D eigenvalue weighted by Gasteiger charge is -2.28. The Balaban J connectivity index is 0.711. The topological polar surface area (TPSA) is 315 Å². The van der Waals surface area contributed by atoms with Gasteiger partial charge in [-0.05, 0) is 128 Å². The van der Waals surface area contributed by atoms with Crippen molar-refractivity contribution in [2.24, 2.45) is 18.7 Å². The van der Waals surface area contributed by atoms with E-state index in [0.717, 1.165) is 58.4 Å². The molecule has 8 rings (SSSR count). The molecule has 8 N–H and O–H groups in total. The molecule has 3 aliphatic rings. The average molecular weight is 1240 g/mol. The first-order valence-electron chi connectivity index (χ1n) is 29.5. The van der Waals surface area contributed by atoms with Crippen molar-refractivity contribution in [1.82, 2.24) is 30.4 Å². The van der Waals surface area contributed by atoms with Gasteiger partial charge in [0.1, 0.15) is 12.6 Å². The molecule has 25 heteroatoms. The first-order chi connectivity index (χ1) is 42.0. The molecule has 2 heterocycles. The second kappa shape index (κ2) is 30.1. The fraction of sp³-hybridized carbons (Fsp3) is 0.460. The van der Waals surface area contributed by atoms with Crippen molar-refractivity contribution >= 4 is 65.4 Å². The number of primary amides is 1. The van der Waals surface area contributed by atoms with Crippen molar-refractivity contribution in [3.63, 3.8) is 0 Å². The van der Waals surface area contributed by atoms with Crippen LogP contribution in [0.3, 0.4) is 0 Å². The molecule has 6 atom stereocenters. The minimum Gasteiger partial charge on any atom is -0.379 e. The number of hydrogen-bond donors (Lipinski definition) is 7. The minimum atomic E-state index is -5.78. The fourth-order valence-electron chi connectivity index (χ4n) is 11.5. The van der Waals surface area contributed by atoms with E-state index in [1.165, 1.54) is 27.3 Å². The monoisotopic (exact) mass is 1240 g/mol. The van der Waals surface area contributed by atoms with Crippen molar-refractivity contribution in [3.05, 3.63) is 146 Å². The summed E-state index contributed by atoms with van der Waals surface area (Å²) in [4.78, 5) is 122. The molecular formula is C63H76F2N7O15P. The molecule has 0 saturated carbocycles. The van der Waals surface area contributed by atoms with E-state index in [2.05, 4.69) is 21.3 Å². The molecule has 6 amide bonds. The van der Waals surface area contributed by atoms with E-state index < -0.39 is 78.5 Å². The summed E-state index contributed by atoms with van der Waals surface area (Å²) in [6.07, 6.45) is 4.99. The Morgan fingerprint density at radius 2 is 1.51 bits per heavy atom. The number of rotatable bonds is 31. The Morgan fingerprint density at radius 3 is 2.22 bits per heavy atom. The zero-order valence-electron chi connectivity index (χ0n) is 49.4. The summed E-state index contributed by atoms with van der Waals surface area (Å²) in [5, 5.41) is 11.1.